The average molecular weight is 341 g/mol. The number of amides is 1. The summed E-state index contributed by atoms with van der Waals surface area (Å²) in [7, 11) is 0. The van der Waals surface area contributed by atoms with Crippen molar-refractivity contribution < 1.29 is 13.6 Å². The van der Waals surface area contributed by atoms with Crippen LogP contribution in [0.3, 0.4) is 0 Å². The van der Waals surface area contributed by atoms with Crippen molar-refractivity contribution in [3.63, 3.8) is 0 Å². The first-order valence-corrected chi connectivity index (χ1v) is 7.76. The molecule has 1 N–H and O–H groups in total. The summed E-state index contributed by atoms with van der Waals surface area (Å²) in [5, 5.41) is 14.4. The number of aromatic nitrogens is 4. The Morgan fingerprint density at radius 3 is 2.52 bits per heavy atom. The Morgan fingerprint density at radius 2 is 1.84 bits per heavy atom. The van der Waals surface area contributed by atoms with E-state index in [4.69, 9.17) is 0 Å². The minimum atomic E-state index is -1.06. The number of hydrogen-bond donors (Lipinski definition) is 1. The second kappa shape index (κ2) is 6.04. The molecule has 0 spiro atoms. The second-order valence-electron chi connectivity index (χ2n) is 5.84. The highest BCUT2D eigenvalue weighted by Crippen LogP contribution is 2.36. The third kappa shape index (κ3) is 3.10. The lowest BCUT2D eigenvalue weighted by Crippen LogP contribution is -2.12. The fourth-order valence-electron chi connectivity index (χ4n) is 2.49. The van der Waals surface area contributed by atoms with Crippen LogP contribution in [0.25, 0.3) is 11.4 Å². The van der Waals surface area contributed by atoms with Gasteiger partial charge < -0.3 is 5.32 Å². The van der Waals surface area contributed by atoms with Crippen molar-refractivity contribution in [3.8, 4) is 11.4 Å². The van der Waals surface area contributed by atoms with E-state index in [-0.39, 0.29) is 5.56 Å². The maximum absolute atomic E-state index is 13.2. The number of hydrogen-bond acceptors (Lipinski definition) is 4. The van der Waals surface area contributed by atoms with Gasteiger partial charge in [-0.1, -0.05) is 0 Å². The Kier molecular flexibility index (Phi) is 3.72. The van der Waals surface area contributed by atoms with E-state index in [1.54, 1.807) is 28.9 Å². The Morgan fingerprint density at radius 1 is 1.08 bits per heavy atom. The summed E-state index contributed by atoms with van der Waals surface area (Å²) in [4.78, 5) is 12.1. The molecule has 126 valence electrons. The van der Waals surface area contributed by atoms with E-state index >= 15 is 0 Å². The molecule has 0 saturated heterocycles. The van der Waals surface area contributed by atoms with Gasteiger partial charge in [0.05, 0.1) is 6.04 Å². The second-order valence-corrected chi connectivity index (χ2v) is 5.84. The van der Waals surface area contributed by atoms with Crippen LogP contribution in [0, 0.1) is 11.6 Å². The SMILES string of the molecule is O=C(Nc1ccc(-c2nnnn2C2CC2)cc1)c1ccc(F)c(F)c1. The largest absolute Gasteiger partial charge is 0.322 e. The minimum absolute atomic E-state index is 0.0423. The van der Waals surface area contributed by atoms with Crippen molar-refractivity contribution in [1.82, 2.24) is 20.2 Å². The van der Waals surface area contributed by atoms with Crippen molar-refractivity contribution in [2.24, 2.45) is 0 Å². The fourth-order valence-corrected chi connectivity index (χ4v) is 2.49. The number of tetrazole rings is 1. The van der Waals surface area contributed by atoms with E-state index in [2.05, 4.69) is 20.8 Å². The number of rotatable bonds is 4. The highest BCUT2D eigenvalue weighted by molar-refractivity contribution is 6.04. The predicted octanol–water partition coefficient (Wildman–Crippen LogP) is 3.21. The van der Waals surface area contributed by atoms with Gasteiger partial charge in [0.2, 0.25) is 0 Å². The number of halogens is 2. The number of carbonyl (C=O) groups excluding carboxylic acids is 1. The van der Waals surface area contributed by atoms with E-state index < -0.39 is 17.5 Å². The van der Waals surface area contributed by atoms with Crippen molar-refractivity contribution in [2.45, 2.75) is 18.9 Å². The van der Waals surface area contributed by atoms with E-state index in [1.807, 2.05) is 0 Å². The van der Waals surface area contributed by atoms with Crippen LogP contribution in [-0.4, -0.2) is 26.1 Å². The molecule has 1 saturated carbocycles. The number of carbonyl (C=O) groups is 1. The molecule has 4 rings (SSSR count). The van der Waals surface area contributed by atoms with E-state index in [0.717, 1.165) is 30.5 Å². The summed E-state index contributed by atoms with van der Waals surface area (Å²) in [6.45, 7) is 0. The first-order valence-electron chi connectivity index (χ1n) is 7.76. The van der Waals surface area contributed by atoms with Gasteiger partial charge >= 0.3 is 0 Å². The van der Waals surface area contributed by atoms with Crippen LogP contribution in [0.15, 0.2) is 42.5 Å². The molecule has 2 aromatic carbocycles. The molecule has 25 heavy (non-hydrogen) atoms. The standard InChI is InChI=1S/C17H13F2N5O/c18-14-8-3-11(9-15(14)19)17(25)20-12-4-1-10(2-5-12)16-21-22-23-24(16)13-6-7-13/h1-5,8-9,13H,6-7H2,(H,20,25). The number of nitrogens with one attached hydrogen (secondary N) is 1. The van der Waals surface area contributed by atoms with Crippen molar-refractivity contribution in [1.29, 1.82) is 0 Å². The number of benzene rings is 2. The zero-order valence-electron chi connectivity index (χ0n) is 13.0. The summed E-state index contributed by atoms with van der Waals surface area (Å²) in [5.74, 6) is -1.89. The summed E-state index contributed by atoms with van der Waals surface area (Å²) in [5.41, 5.74) is 1.41. The first-order chi connectivity index (χ1) is 12.1. The van der Waals surface area contributed by atoms with E-state index in [1.165, 1.54) is 6.07 Å². The highest BCUT2D eigenvalue weighted by Gasteiger charge is 2.28. The van der Waals surface area contributed by atoms with Crippen LogP contribution in [0.1, 0.15) is 29.2 Å². The molecule has 0 unspecified atom stereocenters. The number of anilines is 1. The normalized spacial score (nSPS) is 13.7. The van der Waals surface area contributed by atoms with Crippen molar-refractivity contribution in [2.75, 3.05) is 5.32 Å². The van der Waals surface area contributed by atoms with Gasteiger partial charge in [0.25, 0.3) is 5.91 Å². The van der Waals surface area contributed by atoms with E-state index in [9.17, 15) is 13.6 Å². The van der Waals surface area contributed by atoms with Gasteiger partial charge in [0, 0.05) is 16.8 Å². The molecular formula is C17H13F2N5O. The maximum Gasteiger partial charge on any atom is 0.255 e. The lowest BCUT2D eigenvalue weighted by atomic mass is 10.1. The molecule has 8 heteroatoms. The summed E-state index contributed by atoms with van der Waals surface area (Å²) in [6, 6.07) is 10.4. The zero-order chi connectivity index (χ0) is 17.4. The number of nitrogens with zero attached hydrogens (tertiary/aromatic N) is 4. The summed E-state index contributed by atoms with van der Waals surface area (Å²) < 4.78 is 28.0. The minimum Gasteiger partial charge on any atom is -0.322 e. The van der Waals surface area contributed by atoms with Gasteiger partial charge in [-0.3, -0.25) is 4.79 Å². The molecule has 0 radical (unpaired) electrons. The van der Waals surface area contributed by atoms with E-state index in [0.29, 0.717) is 17.6 Å². The Labute approximate surface area is 141 Å². The van der Waals surface area contributed by atoms with Gasteiger partial charge in [-0.25, -0.2) is 13.5 Å². The third-order valence-electron chi connectivity index (χ3n) is 3.97. The molecule has 1 heterocycles. The lowest BCUT2D eigenvalue weighted by molar-refractivity contribution is 0.102. The first kappa shape index (κ1) is 15.4. The van der Waals surface area contributed by atoms with Gasteiger partial charge in [-0.2, -0.15) is 0 Å². The van der Waals surface area contributed by atoms with Crippen LogP contribution in [0.4, 0.5) is 14.5 Å². The smallest absolute Gasteiger partial charge is 0.255 e. The van der Waals surface area contributed by atoms with Crippen LogP contribution in [0.5, 0.6) is 0 Å². The average Bonchev–Trinajstić information content (AvgIpc) is 3.35. The molecule has 0 aliphatic heterocycles. The Balaban J connectivity index is 1.51. The monoisotopic (exact) mass is 341 g/mol. The summed E-state index contributed by atoms with van der Waals surface area (Å²) >= 11 is 0. The quantitative estimate of drug-likeness (QED) is 0.791. The van der Waals surface area contributed by atoms with Gasteiger partial charge in [-0.15, -0.1) is 5.10 Å². The maximum atomic E-state index is 13.2. The lowest BCUT2D eigenvalue weighted by Gasteiger charge is -2.07. The molecule has 1 amide bonds. The van der Waals surface area contributed by atoms with Crippen LogP contribution in [-0.2, 0) is 0 Å². The Hall–Kier alpha value is -3.16. The zero-order valence-corrected chi connectivity index (χ0v) is 13.0. The molecule has 1 aliphatic carbocycles. The van der Waals surface area contributed by atoms with Crippen molar-refractivity contribution in [3.05, 3.63) is 59.7 Å². The molecule has 3 aromatic rings. The molecule has 6 nitrogen and oxygen atoms in total. The fraction of sp³-hybridized carbons (Fsp3) is 0.176. The van der Waals surface area contributed by atoms with Crippen LogP contribution < -0.4 is 5.32 Å². The molecule has 1 aromatic heterocycles. The highest BCUT2D eigenvalue weighted by atomic mass is 19.2. The molecule has 1 aliphatic rings. The predicted molar refractivity (Wildman–Crippen MR) is 85.8 cm³/mol. The van der Waals surface area contributed by atoms with Crippen LogP contribution >= 0.6 is 0 Å². The molecule has 0 atom stereocenters. The van der Waals surface area contributed by atoms with Crippen LogP contribution in [0.2, 0.25) is 0 Å². The van der Waals surface area contributed by atoms with Crippen molar-refractivity contribution >= 4 is 11.6 Å². The topological polar surface area (TPSA) is 72.7 Å². The Bertz CT molecular complexity index is 934. The molecular weight excluding hydrogens is 328 g/mol. The van der Waals surface area contributed by atoms with Gasteiger partial charge in [-0.05, 0) is 65.7 Å². The summed E-state index contributed by atoms with van der Waals surface area (Å²) in [6.07, 6.45) is 2.14. The molecule has 0 bridgehead atoms. The molecule has 1 fully saturated rings. The van der Waals surface area contributed by atoms with Gasteiger partial charge in [0.15, 0.2) is 17.5 Å². The van der Waals surface area contributed by atoms with Gasteiger partial charge in [0.1, 0.15) is 0 Å². The third-order valence-corrected chi connectivity index (χ3v) is 3.97.